The molecule has 0 saturated carbocycles. The van der Waals surface area contributed by atoms with Gasteiger partial charge in [0.05, 0.1) is 5.56 Å². The van der Waals surface area contributed by atoms with Crippen LogP contribution >= 0.6 is 0 Å². The van der Waals surface area contributed by atoms with Crippen LogP contribution < -0.4 is 10.1 Å². The number of aromatic nitrogens is 2. The number of carbonyl (C=O) groups is 2. The fourth-order valence-electron chi connectivity index (χ4n) is 2.87. The van der Waals surface area contributed by atoms with Crippen molar-refractivity contribution in [2.45, 2.75) is 0 Å². The molecule has 4 aromatic rings. The molecule has 1 amide bonds. The molecule has 0 aliphatic heterocycles. The van der Waals surface area contributed by atoms with Crippen LogP contribution in [-0.4, -0.2) is 21.7 Å². The second kappa shape index (κ2) is 8.79. The van der Waals surface area contributed by atoms with Crippen LogP contribution in [0, 0.1) is 0 Å². The summed E-state index contributed by atoms with van der Waals surface area (Å²) in [6, 6.07) is 24.4. The van der Waals surface area contributed by atoms with Gasteiger partial charge in [0.2, 0.25) is 0 Å². The van der Waals surface area contributed by atoms with Crippen molar-refractivity contribution in [3.8, 4) is 11.8 Å². The van der Waals surface area contributed by atoms with Gasteiger partial charge in [0.1, 0.15) is 5.75 Å². The van der Waals surface area contributed by atoms with Gasteiger partial charge >= 0.3 is 6.01 Å². The van der Waals surface area contributed by atoms with Gasteiger partial charge in [-0.15, -0.1) is 0 Å². The lowest BCUT2D eigenvalue weighted by molar-refractivity contribution is 0.0996. The second-order valence-corrected chi connectivity index (χ2v) is 6.35. The molecule has 6 nitrogen and oxygen atoms in total. The van der Waals surface area contributed by atoms with E-state index < -0.39 is 0 Å². The van der Waals surface area contributed by atoms with Gasteiger partial charge in [-0.05, 0) is 36.4 Å². The zero-order chi connectivity index (χ0) is 20.8. The maximum Gasteiger partial charge on any atom is 0.321 e. The Morgan fingerprint density at radius 3 is 2.03 bits per heavy atom. The highest BCUT2D eigenvalue weighted by Crippen LogP contribution is 2.21. The second-order valence-electron chi connectivity index (χ2n) is 6.35. The van der Waals surface area contributed by atoms with Gasteiger partial charge in [-0.25, -0.2) is 9.97 Å². The van der Waals surface area contributed by atoms with Gasteiger partial charge in [-0.3, -0.25) is 9.59 Å². The van der Waals surface area contributed by atoms with E-state index in [1.54, 1.807) is 91.3 Å². The number of rotatable bonds is 6. The minimum Gasteiger partial charge on any atom is -0.424 e. The summed E-state index contributed by atoms with van der Waals surface area (Å²) in [4.78, 5) is 33.7. The molecule has 1 aromatic heterocycles. The lowest BCUT2D eigenvalue weighted by atomic mass is 9.98. The Hall–Kier alpha value is -4.32. The summed E-state index contributed by atoms with van der Waals surface area (Å²) in [6.45, 7) is 0. The highest BCUT2D eigenvalue weighted by Gasteiger charge is 2.18. The maximum absolute atomic E-state index is 12.8. The predicted molar refractivity (Wildman–Crippen MR) is 113 cm³/mol. The van der Waals surface area contributed by atoms with Gasteiger partial charge in [0, 0.05) is 29.2 Å². The molecular formula is C24H17N3O3. The Labute approximate surface area is 173 Å². The van der Waals surface area contributed by atoms with E-state index in [2.05, 4.69) is 15.3 Å². The topological polar surface area (TPSA) is 81.2 Å². The van der Waals surface area contributed by atoms with Crippen LogP contribution in [0.4, 0.5) is 5.69 Å². The SMILES string of the molecule is O=C(Nc1ccc(Oc2ncccn2)cc1)c1ccccc1C(=O)c1ccccc1. The third kappa shape index (κ3) is 4.39. The fraction of sp³-hybridized carbons (Fsp3) is 0. The average Bonchev–Trinajstić information content (AvgIpc) is 2.81. The van der Waals surface area contributed by atoms with E-state index in [0.717, 1.165) is 0 Å². The first-order valence-corrected chi connectivity index (χ1v) is 9.26. The number of hydrogen-bond acceptors (Lipinski definition) is 5. The molecule has 0 spiro atoms. The van der Waals surface area contributed by atoms with Crippen LogP contribution in [0.1, 0.15) is 26.3 Å². The standard InChI is InChI=1S/C24H17N3O3/c28-22(17-7-2-1-3-8-17)20-9-4-5-10-21(20)23(29)27-18-11-13-19(14-12-18)30-24-25-15-6-16-26-24/h1-16H,(H,27,29). The smallest absolute Gasteiger partial charge is 0.321 e. The number of nitrogens with one attached hydrogen (secondary N) is 1. The first kappa shape index (κ1) is 19.0. The van der Waals surface area contributed by atoms with Gasteiger partial charge in [-0.1, -0.05) is 48.5 Å². The molecule has 1 heterocycles. The van der Waals surface area contributed by atoms with Crippen LogP contribution in [0.2, 0.25) is 0 Å². The van der Waals surface area contributed by atoms with Crippen LogP contribution in [0.25, 0.3) is 0 Å². The van der Waals surface area contributed by atoms with E-state index in [1.165, 1.54) is 0 Å². The highest BCUT2D eigenvalue weighted by molar-refractivity contribution is 6.17. The van der Waals surface area contributed by atoms with E-state index in [-0.39, 0.29) is 17.7 Å². The van der Waals surface area contributed by atoms with Crippen molar-refractivity contribution in [2.75, 3.05) is 5.32 Å². The number of hydrogen-bond donors (Lipinski definition) is 1. The van der Waals surface area contributed by atoms with Gasteiger partial charge in [0.15, 0.2) is 5.78 Å². The molecule has 0 bridgehead atoms. The number of ether oxygens (including phenoxy) is 1. The molecule has 0 radical (unpaired) electrons. The van der Waals surface area contributed by atoms with E-state index in [9.17, 15) is 9.59 Å². The van der Waals surface area contributed by atoms with E-state index in [0.29, 0.717) is 28.1 Å². The normalized spacial score (nSPS) is 10.3. The summed E-state index contributed by atoms with van der Waals surface area (Å²) in [5.74, 6) is -0.0262. The molecule has 0 atom stereocenters. The lowest BCUT2D eigenvalue weighted by Gasteiger charge is -2.10. The quantitative estimate of drug-likeness (QED) is 0.477. The number of carbonyl (C=O) groups excluding carboxylic acids is 2. The summed E-state index contributed by atoms with van der Waals surface area (Å²) in [5.41, 5.74) is 1.76. The van der Waals surface area contributed by atoms with Crippen LogP contribution in [0.3, 0.4) is 0 Å². The fourth-order valence-corrected chi connectivity index (χ4v) is 2.87. The number of anilines is 1. The number of benzene rings is 3. The molecule has 0 aliphatic rings. The Kier molecular flexibility index (Phi) is 5.57. The first-order valence-electron chi connectivity index (χ1n) is 9.26. The summed E-state index contributed by atoms with van der Waals surface area (Å²) < 4.78 is 5.54. The highest BCUT2D eigenvalue weighted by atomic mass is 16.5. The number of nitrogens with zero attached hydrogens (tertiary/aromatic N) is 2. The van der Waals surface area contributed by atoms with E-state index >= 15 is 0 Å². The van der Waals surface area contributed by atoms with Crippen molar-refractivity contribution in [3.05, 3.63) is 114 Å². The number of ketones is 1. The summed E-state index contributed by atoms with van der Waals surface area (Å²) >= 11 is 0. The summed E-state index contributed by atoms with van der Waals surface area (Å²) in [6.07, 6.45) is 3.18. The summed E-state index contributed by atoms with van der Waals surface area (Å²) in [7, 11) is 0. The maximum atomic E-state index is 12.8. The summed E-state index contributed by atoms with van der Waals surface area (Å²) in [5, 5.41) is 2.82. The van der Waals surface area contributed by atoms with Crippen molar-refractivity contribution < 1.29 is 14.3 Å². The first-order chi connectivity index (χ1) is 14.7. The largest absolute Gasteiger partial charge is 0.424 e. The van der Waals surface area contributed by atoms with E-state index in [1.807, 2.05) is 6.07 Å². The molecule has 146 valence electrons. The van der Waals surface area contributed by atoms with Gasteiger partial charge in [-0.2, -0.15) is 0 Å². The third-order valence-electron chi connectivity index (χ3n) is 4.32. The van der Waals surface area contributed by atoms with Crippen LogP contribution in [0.5, 0.6) is 11.8 Å². The zero-order valence-electron chi connectivity index (χ0n) is 15.9. The zero-order valence-corrected chi connectivity index (χ0v) is 15.9. The van der Waals surface area contributed by atoms with Crippen LogP contribution in [-0.2, 0) is 0 Å². The van der Waals surface area contributed by atoms with Gasteiger partial charge < -0.3 is 10.1 Å². The Balaban J connectivity index is 1.50. The minimum atomic E-state index is -0.366. The van der Waals surface area contributed by atoms with Gasteiger partial charge in [0.25, 0.3) is 5.91 Å². The molecule has 0 aliphatic carbocycles. The average molecular weight is 395 g/mol. The monoisotopic (exact) mass is 395 g/mol. The van der Waals surface area contributed by atoms with Crippen molar-refractivity contribution in [1.82, 2.24) is 9.97 Å². The molecule has 0 fully saturated rings. The Morgan fingerprint density at radius 2 is 1.33 bits per heavy atom. The van der Waals surface area contributed by atoms with Crippen molar-refractivity contribution in [3.63, 3.8) is 0 Å². The molecule has 4 rings (SSSR count). The third-order valence-corrected chi connectivity index (χ3v) is 4.32. The molecule has 1 N–H and O–H groups in total. The van der Waals surface area contributed by atoms with E-state index in [4.69, 9.17) is 4.74 Å². The van der Waals surface area contributed by atoms with Crippen molar-refractivity contribution in [1.29, 1.82) is 0 Å². The van der Waals surface area contributed by atoms with Crippen molar-refractivity contribution in [2.24, 2.45) is 0 Å². The molecule has 0 unspecified atom stereocenters. The molecule has 0 saturated heterocycles. The minimum absolute atomic E-state index is 0.201. The molecular weight excluding hydrogens is 378 g/mol. The predicted octanol–water partition coefficient (Wildman–Crippen LogP) is 4.75. The Morgan fingerprint density at radius 1 is 0.700 bits per heavy atom. The Bertz CT molecular complexity index is 1160. The molecule has 30 heavy (non-hydrogen) atoms. The van der Waals surface area contributed by atoms with Crippen molar-refractivity contribution >= 4 is 17.4 Å². The molecule has 3 aromatic carbocycles. The molecule has 6 heteroatoms. The number of amides is 1. The van der Waals surface area contributed by atoms with Crippen LogP contribution in [0.15, 0.2) is 97.3 Å². The lowest BCUT2D eigenvalue weighted by Crippen LogP contribution is -2.16.